The number of carbonyl (C=O) groups excluding carboxylic acids is 1. The van der Waals surface area contributed by atoms with Crippen LogP contribution in [0.5, 0.6) is 17.2 Å². The summed E-state index contributed by atoms with van der Waals surface area (Å²) in [5, 5.41) is 7.37. The first-order valence-corrected chi connectivity index (χ1v) is 10.3. The molecule has 0 aliphatic carbocycles. The third-order valence-corrected chi connectivity index (χ3v) is 5.77. The number of benzene rings is 2. The van der Waals surface area contributed by atoms with E-state index in [-0.39, 0.29) is 12.7 Å². The number of rotatable bonds is 5. The summed E-state index contributed by atoms with van der Waals surface area (Å²) in [6.07, 6.45) is 1.87. The normalized spacial score (nSPS) is 15.8. The van der Waals surface area contributed by atoms with E-state index in [1.54, 1.807) is 7.11 Å². The van der Waals surface area contributed by atoms with Crippen LogP contribution in [0.15, 0.2) is 48.7 Å². The molecule has 8 heteroatoms. The van der Waals surface area contributed by atoms with Gasteiger partial charge in [-0.05, 0) is 30.3 Å². The van der Waals surface area contributed by atoms with Crippen LogP contribution in [0, 0.1) is 0 Å². The Bertz CT molecular complexity index is 1090. The van der Waals surface area contributed by atoms with Gasteiger partial charge in [0, 0.05) is 43.9 Å². The maximum Gasteiger partial charge on any atom is 0.257 e. The lowest BCUT2D eigenvalue weighted by Gasteiger charge is -2.35. The van der Waals surface area contributed by atoms with Gasteiger partial charge in [-0.15, -0.1) is 0 Å². The second kappa shape index (κ2) is 8.31. The van der Waals surface area contributed by atoms with Crippen molar-refractivity contribution in [3.8, 4) is 28.5 Å². The maximum absolute atomic E-state index is 12.9. The van der Waals surface area contributed by atoms with Crippen LogP contribution < -0.4 is 14.2 Å². The molecule has 1 saturated heterocycles. The lowest BCUT2D eigenvalue weighted by molar-refractivity contribution is 0.0625. The highest BCUT2D eigenvalue weighted by Crippen LogP contribution is 2.36. The summed E-state index contributed by atoms with van der Waals surface area (Å²) in [5.41, 5.74) is 3.72. The van der Waals surface area contributed by atoms with Crippen molar-refractivity contribution < 1.29 is 19.0 Å². The van der Waals surface area contributed by atoms with Gasteiger partial charge >= 0.3 is 0 Å². The van der Waals surface area contributed by atoms with Gasteiger partial charge in [-0.2, -0.15) is 5.10 Å². The van der Waals surface area contributed by atoms with Gasteiger partial charge in [-0.3, -0.25) is 14.8 Å². The predicted octanol–water partition coefficient (Wildman–Crippen LogP) is 2.77. The summed E-state index contributed by atoms with van der Waals surface area (Å²) in [4.78, 5) is 17.2. The first-order valence-electron chi connectivity index (χ1n) is 10.3. The van der Waals surface area contributed by atoms with Gasteiger partial charge < -0.3 is 19.1 Å². The number of hydrogen-bond acceptors (Lipinski definition) is 6. The fraction of sp³-hybridized carbons (Fsp3) is 0.304. The Balaban J connectivity index is 1.24. The second-order valence-electron chi connectivity index (χ2n) is 7.61. The molecule has 1 fully saturated rings. The molecule has 31 heavy (non-hydrogen) atoms. The van der Waals surface area contributed by atoms with Gasteiger partial charge in [0.1, 0.15) is 5.75 Å². The molecule has 1 aromatic heterocycles. The first kappa shape index (κ1) is 19.4. The number of nitrogens with zero attached hydrogens (tertiary/aromatic N) is 3. The van der Waals surface area contributed by atoms with Crippen LogP contribution in [0.4, 0.5) is 0 Å². The second-order valence-corrected chi connectivity index (χ2v) is 7.61. The molecule has 5 rings (SSSR count). The van der Waals surface area contributed by atoms with Gasteiger partial charge in [0.2, 0.25) is 6.79 Å². The lowest BCUT2D eigenvalue weighted by Crippen LogP contribution is -2.48. The van der Waals surface area contributed by atoms with E-state index in [1.165, 1.54) is 0 Å². The van der Waals surface area contributed by atoms with Crippen LogP contribution in [-0.2, 0) is 6.54 Å². The van der Waals surface area contributed by atoms with E-state index < -0.39 is 0 Å². The van der Waals surface area contributed by atoms with Crippen molar-refractivity contribution in [1.82, 2.24) is 20.0 Å². The van der Waals surface area contributed by atoms with Crippen molar-refractivity contribution in [2.45, 2.75) is 6.54 Å². The fourth-order valence-corrected chi connectivity index (χ4v) is 4.07. The highest BCUT2D eigenvalue weighted by atomic mass is 16.7. The summed E-state index contributed by atoms with van der Waals surface area (Å²) in [6, 6.07) is 13.3. The number of ether oxygens (including phenoxy) is 3. The average Bonchev–Trinajstić information content (AvgIpc) is 3.48. The summed E-state index contributed by atoms with van der Waals surface area (Å²) in [7, 11) is 1.59. The molecule has 0 radical (unpaired) electrons. The number of piperazine rings is 1. The molecular weight excluding hydrogens is 396 g/mol. The molecule has 2 aromatic carbocycles. The third kappa shape index (κ3) is 3.82. The number of amides is 1. The predicted molar refractivity (Wildman–Crippen MR) is 114 cm³/mol. The van der Waals surface area contributed by atoms with Crippen molar-refractivity contribution in [2.75, 3.05) is 40.1 Å². The van der Waals surface area contributed by atoms with Gasteiger partial charge in [-0.1, -0.05) is 12.1 Å². The van der Waals surface area contributed by atoms with Crippen molar-refractivity contribution in [3.05, 3.63) is 59.8 Å². The molecule has 8 nitrogen and oxygen atoms in total. The minimum atomic E-state index is 0.0152. The Labute approximate surface area is 180 Å². The number of aromatic nitrogens is 2. The molecule has 0 saturated carbocycles. The summed E-state index contributed by atoms with van der Waals surface area (Å²) >= 11 is 0. The molecule has 2 aliphatic heterocycles. The largest absolute Gasteiger partial charge is 0.496 e. The number of H-pyrrole nitrogens is 1. The third-order valence-electron chi connectivity index (χ3n) is 5.77. The highest BCUT2D eigenvalue weighted by molar-refractivity contribution is 5.97. The molecule has 0 bridgehead atoms. The number of carbonyl (C=O) groups is 1. The highest BCUT2D eigenvalue weighted by Gasteiger charge is 2.25. The number of methoxy groups -OCH3 is 1. The van der Waals surface area contributed by atoms with Crippen LogP contribution >= 0.6 is 0 Å². The van der Waals surface area contributed by atoms with E-state index >= 15 is 0 Å². The molecule has 0 spiro atoms. The Hall–Kier alpha value is -3.52. The van der Waals surface area contributed by atoms with Crippen LogP contribution in [-0.4, -0.2) is 66.0 Å². The van der Waals surface area contributed by atoms with Crippen LogP contribution in [0.25, 0.3) is 11.3 Å². The Morgan fingerprint density at radius 3 is 2.74 bits per heavy atom. The van der Waals surface area contributed by atoms with E-state index in [4.69, 9.17) is 14.2 Å². The first-order chi connectivity index (χ1) is 15.2. The number of fused-ring (bicyclic) bond motifs is 1. The van der Waals surface area contributed by atoms with Crippen LogP contribution in [0.3, 0.4) is 0 Å². The van der Waals surface area contributed by atoms with Crippen molar-refractivity contribution in [3.63, 3.8) is 0 Å². The minimum absolute atomic E-state index is 0.0152. The Kier molecular flexibility index (Phi) is 5.21. The lowest BCUT2D eigenvalue weighted by atomic mass is 10.1. The SMILES string of the molecule is COc1ccccc1C(=O)N1CCN(Cc2cn[nH]c2-c2ccc3c(c2)OCO3)CC1. The molecule has 1 amide bonds. The van der Waals surface area contributed by atoms with Crippen molar-refractivity contribution in [1.29, 1.82) is 0 Å². The van der Waals surface area contributed by atoms with E-state index in [0.717, 1.165) is 48.0 Å². The maximum atomic E-state index is 12.9. The van der Waals surface area contributed by atoms with Crippen molar-refractivity contribution in [2.24, 2.45) is 0 Å². The molecule has 1 N–H and O–H groups in total. The molecule has 3 aromatic rings. The van der Waals surface area contributed by atoms with E-state index in [1.807, 2.05) is 53.6 Å². The quantitative estimate of drug-likeness (QED) is 0.684. The number of nitrogens with one attached hydrogen (secondary N) is 1. The molecular formula is C23H24N4O4. The van der Waals surface area contributed by atoms with E-state index in [2.05, 4.69) is 15.1 Å². The minimum Gasteiger partial charge on any atom is -0.496 e. The topological polar surface area (TPSA) is 79.9 Å². The van der Waals surface area contributed by atoms with Crippen molar-refractivity contribution >= 4 is 5.91 Å². The van der Waals surface area contributed by atoms with Gasteiger partial charge in [0.25, 0.3) is 5.91 Å². The molecule has 3 heterocycles. The van der Waals surface area contributed by atoms with E-state index in [0.29, 0.717) is 24.4 Å². The molecule has 0 atom stereocenters. The Morgan fingerprint density at radius 1 is 1.10 bits per heavy atom. The summed E-state index contributed by atoms with van der Waals surface area (Å²) < 4.78 is 16.2. The number of aromatic amines is 1. The number of para-hydroxylation sites is 1. The van der Waals surface area contributed by atoms with E-state index in [9.17, 15) is 4.79 Å². The fourth-order valence-electron chi connectivity index (χ4n) is 4.07. The summed E-state index contributed by atoms with van der Waals surface area (Å²) in [5.74, 6) is 2.14. The average molecular weight is 420 g/mol. The van der Waals surface area contributed by atoms with Gasteiger partial charge in [0.05, 0.1) is 24.6 Å². The number of hydrogen-bond donors (Lipinski definition) is 1. The van der Waals surface area contributed by atoms with Crippen LogP contribution in [0.1, 0.15) is 15.9 Å². The molecule has 0 unspecified atom stereocenters. The standard InChI is InChI=1S/C23H24N4O4/c1-29-19-5-3-2-4-18(19)23(28)27-10-8-26(9-11-27)14-17-13-24-25-22(17)16-6-7-20-21(12-16)31-15-30-20/h2-7,12-13H,8-11,14-15H2,1H3,(H,24,25). The Morgan fingerprint density at radius 2 is 1.90 bits per heavy atom. The van der Waals surface area contributed by atoms with Gasteiger partial charge in [0.15, 0.2) is 11.5 Å². The monoisotopic (exact) mass is 420 g/mol. The zero-order chi connectivity index (χ0) is 21.2. The zero-order valence-electron chi connectivity index (χ0n) is 17.3. The van der Waals surface area contributed by atoms with Crippen LogP contribution in [0.2, 0.25) is 0 Å². The zero-order valence-corrected chi connectivity index (χ0v) is 17.3. The molecule has 160 valence electrons. The molecule has 2 aliphatic rings. The smallest absolute Gasteiger partial charge is 0.257 e. The van der Waals surface area contributed by atoms with Gasteiger partial charge in [-0.25, -0.2) is 0 Å². The summed E-state index contributed by atoms with van der Waals surface area (Å²) in [6.45, 7) is 3.96.